The molecule has 4 aromatic rings. The van der Waals surface area contributed by atoms with Gasteiger partial charge in [-0.2, -0.15) is 0 Å². The number of hydrogen-bond acceptors (Lipinski definition) is 5. The number of ether oxygens (including phenoxy) is 1. The van der Waals surface area contributed by atoms with E-state index in [0.717, 1.165) is 4.90 Å². The van der Waals surface area contributed by atoms with E-state index in [0.29, 0.717) is 39.8 Å². The maximum absolute atomic E-state index is 13.3. The van der Waals surface area contributed by atoms with Crippen molar-refractivity contribution in [1.82, 2.24) is 14.5 Å². The SMILES string of the molecule is O=C1c2ccccc2C(=O)N1CCc1nc2ccccc2c(=O)n1CCc1ccc(OC(F)(F)F)cc1. The van der Waals surface area contributed by atoms with Crippen LogP contribution in [0.4, 0.5) is 13.2 Å². The molecular formula is C27H20F3N3O4. The number of hydrogen-bond donors (Lipinski definition) is 0. The third-order valence-electron chi connectivity index (χ3n) is 6.16. The van der Waals surface area contributed by atoms with Crippen LogP contribution in [-0.2, 0) is 19.4 Å². The van der Waals surface area contributed by atoms with Gasteiger partial charge in [-0.25, -0.2) is 4.98 Å². The van der Waals surface area contributed by atoms with Gasteiger partial charge in [0.25, 0.3) is 17.4 Å². The van der Waals surface area contributed by atoms with Gasteiger partial charge in [0.05, 0.1) is 22.0 Å². The summed E-state index contributed by atoms with van der Waals surface area (Å²) < 4.78 is 42.7. The Morgan fingerprint density at radius 2 is 1.38 bits per heavy atom. The van der Waals surface area contributed by atoms with E-state index in [1.807, 2.05) is 0 Å². The largest absolute Gasteiger partial charge is 0.573 e. The Kier molecular flexibility index (Phi) is 6.24. The molecule has 2 heterocycles. The molecule has 188 valence electrons. The van der Waals surface area contributed by atoms with Gasteiger partial charge in [-0.1, -0.05) is 36.4 Å². The number of alkyl halides is 3. The molecule has 2 amide bonds. The Hall–Kier alpha value is -4.47. The molecule has 0 radical (unpaired) electrons. The first kappa shape index (κ1) is 24.2. The Balaban J connectivity index is 1.39. The van der Waals surface area contributed by atoms with E-state index in [1.165, 1.54) is 28.8 Å². The van der Waals surface area contributed by atoms with Crippen molar-refractivity contribution in [2.45, 2.75) is 25.7 Å². The Bertz CT molecular complexity index is 1530. The number of fused-ring (bicyclic) bond motifs is 2. The van der Waals surface area contributed by atoms with E-state index in [-0.39, 0.29) is 30.8 Å². The van der Waals surface area contributed by atoms with Crippen molar-refractivity contribution in [3.63, 3.8) is 0 Å². The molecule has 0 aliphatic carbocycles. The van der Waals surface area contributed by atoms with Crippen molar-refractivity contribution in [3.05, 3.63) is 106 Å². The standard InChI is InChI=1S/C27H20F3N3O4/c28-27(29,30)37-18-11-9-17(10-12-18)13-15-32-23(31-22-8-4-3-7-21(22)26(32)36)14-16-33-24(34)19-5-1-2-6-20(19)25(33)35/h1-12H,13-16H2. The van der Waals surface area contributed by atoms with Crippen molar-refractivity contribution < 1.29 is 27.5 Å². The number of nitrogens with zero attached hydrogens (tertiary/aromatic N) is 3. The van der Waals surface area contributed by atoms with Crippen LogP contribution in [0.2, 0.25) is 0 Å². The maximum atomic E-state index is 13.3. The molecule has 1 aliphatic heterocycles. The number of para-hydroxylation sites is 1. The maximum Gasteiger partial charge on any atom is 0.573 e. The summed E-state index contributed by atoms with van der Waals surface area (Å²) in [6.07, 6.45) is -4.28. The normalized spacial score (nSPS) is 13.3. The number of amides is 2. The summed E-state index contributed by atoms with van der Waals surface area (Å²) in [5, 5.41) is 0.418. The van der Waals surface area contributed by atoms with Gasteiger partial charge in [-0.15, -0.1) is 13.2 Å². The smallest absolute Gasteiger partial charge is 0.406 e. The van der Waals surface area contributed by atoms with E-state index in [2.05, 4.69) is 9.72 Å². The van der Waals surface area contributed by atoms with Crippen molar-refractivity contribution in [1.29, 1.82) is 0 Å². The van der Waals surface area contributed by atoms with Crippen LogP contribution in [0.3, 0.4) is 0 Å². The van der Waals surface area contributed by atoms with Gasteiger partial charge in [-0.05, 0) is 48.4 Å². The average Bonchev–Trinajstić information content (AvgIpc) is 3.12. The number of imide groups is 1. The fraction of sp³-hybridized carbons (Fsp3) is 0.185. The number of rotatable bonds is 7. The molecule has 10 heteroatoms. The van der Waals surface area contributed by atoms with Crippen LogP contribution in [-0.4, -0.2) is 39.2 Å². The average molecular weight is 507 g/mol. The molecule has 0 saturated carbocycles. The van der Waals surface area contributed by atoms with Gasteiger partial charge in [-0.3, -0.25) is 23.9 Å². The number of carbonyl (C=O) groups is 2. The predicted molar refractivity (Wildman–Crippen MR) is 128 cm³/mol. The lowest BCUT2D eigenvalue weighted by Crippen LogP contribution is -2.34. The van der Waals surface area contributed by atoms with E-state index in [1.54, 1.807) is 48.5 Å². The highest BCUT2D eigenvalue weighted by Crippen LogP contribution is 2.24. The fourth-order valence-corrected chi connectivity index (χ4v) is 4.39. The van der Waals surface area contributed by atoms with Gasteiger partial charge in [0.1, 0.15) is 11.6 Å². The Morgan fingerprint density at radius 1 is 0.757 bits per heavy atom. The molecule has 0 fully saturated rings. The highest BCUT2D eigenvalue weighted by Gasteiger charge is 2.35. The molecule has 1 aliphatic rings. The molecule has 0 saturated heterocycles. The molecular weight excluding hydrogens is 487 g/mol. The van der Waals surface area contributed by atoms with Gasteiger partial charge in [0.2, 0.25) is 0 Å². The van der Waals surface area contributed by atoms with Crippen LogP contribution in [0.1, 0.15) is 32.1 Å². The minimum absolute atomic E-state index is 0.0423. The molecule has 3 aromatic carbocycles. The highest BCUT2D eigenvalue weighted by atomic mass is 19.4. The van der Waals surface area contributed by atoms with Crippen LogP contribution in [0.25, 0.3) is 10.9 Å². The second kappa shape index (κ2) is 9.53. The number of benzene rings is 3. The van der Waals surface area contributed by atoms with Crippen molar-refractivity contribution >= 4 is 22.7 Å². The summed E-state index contributed by atoms with van der Waals surface area (Å²) in [7, 11) is 0. The van der Waals surface area contributed by atoms with Crippen LogP contribution < -0.4 is 10.3 Å². The van der Waals surface area contributed by atoms with Gasteiger partial charge < -0.3 is 4.74 Å². The van der Waals surface area contributed by atoms with Crippen LogP contribution in [0, 0.1) is 0 Å². The molecule has 0 N–H and O–H groups in total. The van der Waals surface area contributed by atoms with Crippen LogP contribution in [0.5, 0.6) is 5.75 Å². The molecule has 0 unspecified atom stereocenters. The van der Waals surface area contributed by atoms with Crippen LogP contribution in [0.15, 0.2) is 77.6 Å². The molecule has 7 nitrogen and oxygen atoms in total. The van der Waals surface area contributed by atoms with E-state index in [4.69, 9.17) is 0 Å². The minimum Gasteiger partial charge on any atom is -0.406 e. The zero-order valence-corrected chi connectivity index (χ0v) is 19.4. The number of halogens is 3. The third-order valence-corrected chi connectivity index (χ3v) is 6.16. The lowest BCUT2D eigenvalue weighted by atomic mass is 10.1. The first-order chi connectivity index (χ1) is 17.7. The summed E-state index contributed by atoms with van der Waals surface area (Å²) in [5.41, 5.74) is 1.60. The minimum atomic E-state index is -4.78. The molecule has 0 atom stereocenters. The molecule has 37 heavy (non-hydrogen) atoms. The van der Waals surface area contributed by atoms with E-state index in [9.17, 15) is 27.6 Å². The second-order valence-corrected chi connectivity index (χ2v) is 8.50. The highest BCUT2D eigenvalue weighted by molar-refractivity contribution is 6.21. The predicted octanol–water partition coefficient (Wildman–Crippen LogP) is 4.38. The molecule has 5 rings (SSSR count). The van der Waals surface area contributed by atoms with Crippen molar-refractivity contribution in [2.75, 3.05) is 6.54 Å². The molecule has 0 bridgehead atoms. The van der Waals surface area contributed by atoms with Crippen molar-refractivity contribution in [2.24, 2.45) is 0 Å². The summed E-state index contributed by atoms with van der Waals surface area (Å²) in [4.78, 5) is 44.6. The van der Waals surface area contributed by atoms with Gasteiger partial charge >= 0.3 is 6.36 Å². The fourth-order valence-electron chi connectivity index (χ4n) is 4.39. The van der Waals surface area contributed by atoms with Crippen molar-refractivity contribution in [3.8, 4) is 5.75 Å². The summed E-state index contributed by atoms with van der Waals surface area (Å²) >= 11 is 0. The topological polar surface area (TPSA) is 81.5 Å². The van der Waals surface area contributed by atoms with Gasteiger partial charge in [0, 0.05) is 19.5 Å². The molecule has 1 aromatic heterocycles. The Morgan fingerprint density at radius 3 is 2.03 bits per heavy atom. The second-order valence-electron chi connectivity index (χ2n) is 8.50. The monoisotopic (exact) mass is 507 g/mol. The summed E-state index contributed by atoms with van der Waals surface area (Å²) in [6.45, 7) is 0.244. The summed E-state index contributed by atoms with van der Waals surface area (Å²) in [5.74, 6) is -0.715. The number of aryl methyl sites for hydroxylation is 1. The first-order valence-electron chi connectivity index (χ1n) is 11.5. The van der Waals surface area contributed by atoms with Crippen LogP contribution >= 0.6 is 0 Å². The first-order valence-corrected chi connectivity index (χ1v) is 11.5. The zero-order valence-electron chi connectivity index (χ0n) is 19.4. The van der Waals surface area contributed by atoms with E-state index >= 15 is 0 Å². The van der Waals surface area contributed by atoms with Gasteiger partial charge in [0.15, 0.2) is 0 Å². The Labute approximate surface area is 208 Å². The lowest BCUT2D eigenvalue weighted by molar-refractivity contribution is -0.274. The molecule has 0 spiro atoms. The van der Waals surface area contributed by atoms with E-state index < -0.39 is 18.2 Å². The quantitative estimate of drug-likeness (QED) is 0.347. The number of carbonyl (C=O) groups excluding carboxylic acids is 2. The summed E-state index contributed by atoms with van der Waals surface area (Å²) in [6, 6.07) is 18.9. The lowest BCUT2D eigenvalue weighted by Gasteiger charge is -2.17. The zero-order chi connectivity index (χ0) is 26.2. The number of aromatic nitrogens is 2. The third kappa shape index (κ3) is 4.95.